The van der Waals surface area contributed by atoms with E-state index in [9.17, 15) is 9.90 Å². The van der Waals surface area contributed by atoms with Crippen LogP contribution in [0.15, 0.2) is 48.5 Å². The van der Waals surface area contributed by atoms with Crippen molar-refractivity contribution in [2.24, 2.45) is 5.92 Å². The number of amides is 1. The van der Waals surface area contributed by atoms with Crippen molar-refractivity contribution in [3.63, 3.8) is 0 Å². The van der Waals surface area contributed by atoms with Gasteiger partial charge in [0.1, 0.15) is 5.75 Å². The molecule has 1 N–H and O–H groups in total. The number of fused-ring (bicyclic) bond motifs is 1. The number of rotatable bonds is 4. The summed E-state index contributed by atoms with van der Waals surface area (Å²) in [4.78, 5) is 17.8. The third kappa shape index (κ3) is 4.96. The average molecular weight is 473 g/mol. The molecule has 2 aliphatic heterocycles. The smallest absolute Gasteiger partial charge is 0.225 e. The van der Waals surface area contributed by atoms with E-state index in [4.69, 9.17) is 4.74 Å². The van der Waals surface area contributed by atoms with Crippen LogP contribution in [0.25, 0.3) is 0 Å². The Labute approximate surface area is 209 Å². The fourth-order valence-corrected chi connectivity index (χ4v) is 6.25. The van der Waals surface area contributed by atoms with Crippen LogP contribution in [0, 0.1) is 17.8 Å². The first-order chi connectivity index (χ1) is 17.2. The normalized spacial score (nSPS) is 25.0. The topological polar surface area (TPSA) is 53.0 Å². The van der Waals surface area contributed by atoms with E-state index in [1.165, 1.54) is 18.4 Å². The number of carbonyl (C=O) groups excluding carboxylic acids is 1. The van der Waals surface area contributed by atoms with Crippen molar-refractivity contribution in [1.29, 1.82) is 0 Å². The van der Waals surface area contributed by atoms with E-state index in [0.29, 0.717) is 5.91 Å². The molecule has 3 aliphatic rings. The van der Waals surface area contributed by atoms with E-state index in [0.717, 1.165) is 62.2 Å². The average Bonchev–Trinajstić information content (AvgIpc) is 3.42. The molecule has 5 nitrogen and oxygen atoms in total. The van der Waals surface area contributed by atoms with Crippen molar-refractivity contribution >= 4 is 5.91 Å². The summed E-state index contributed by atoms with van der Waals surface area (Å²) in [6.07, 6.45) is 6.58. The Kier molecular flexibility index (Phi) is 7.41. The van der Waals surface area contributed by atoms with E-state index in [2.05, 4.69) is 45.9 Å². The lowest BCUT2D eigenvalue weighted by molar-refractivity contribution is -0.140. The van der Waals surface area contributed by atoms with Crippen LogP contribution in [-0.4, -0.2) is 66.2 Å². The first kappa shape index (κ1) is 23.9. The highest BCUT2D eigenvalue weighted by Gasteiger charge is 2.49. The van der Waals surface area contributed by atoms with Crippen LogP contribution in [0.4, 0.5) is 0 Å². The van der Waals surface area contributed by atoms with Crippen LogP contribution >= 0.6 is 0 Å². The SMILES string of the molecule is COc1ccccc1C#Cc1ccc([C@H]2[C@H]3CN(C(=O)C4CCCC4)CCCCN3[C@H]2CO)cc1. The molecule has 2 saturated heterocycles. The first-order valence-corrected chi connectivity index (χ1v) is 13.1. The van der Waals surface area contributed by atoms with Crippen LogP contribution < -0.4 is 4.74 Å². The molecule has 3 fully saturated rings. The van der Waals surface area contributed by atoms with E-state index < -0.39 is 0 Å². The Morgan fingerprint density at radius 1 is 1.00 bits per heavy atom. The van der Waals surface area contributed by atoms with Crippen molar-refractivity contribution in [1.82, 2.24) is 9.80 Å². The third-order valence-corrected chi connectivity index (χ3v) is 8.13. The fourth-order valence-electron chi connectivity index (χ4n) is 6.25. The van der Waals surface area contributed by atoms with Gasteiger partial charge in [0.05, 0.1) is 19.3 Å². The zero-order valence-corrected chi connectivity index (χ0v) is 20.7. The van der Waals surface area contributed by atoms with Crippen LogP contribution in [0.1, 0.15) is 61.1 Å². The molecule has 35 heavy (non-hydrogen) atoms. The van der Waals surface area contributed by atoms with Gasteiger partial charge in [-0.25, -0.2) is 0 Å². The van der Waals surface area contributed by atoms with Gasteiger partial charge in [-0.15, -0.1) is 0 Å². The van der Waals surface area contributed by atoms with Crippen LogP contribution in [0.3, 0.4) is 0 Å². The largest absolute Gasteiger partial charge is 0.495 e. The summed E-state index contributed by atoms with van der Waals surface area (Å²) >= 11 is 0. The van der Waals surface area contributed by atoms with Crippen molar-refractivity contribution in [3.8, 4) is 17.6 Å². The maximum Gasteiger partial charge on any atom is 0.225 e. The van der Waals surface area contributed by atoms with Crippen LogP contribution in [0.2, 0.25) is 0 Å². The highest BCUT2D eigenvalue weighted by atomic mass is 16.5. The Hall–Kier alpha value is -2.81. The van der Waals surface area contributed by atoms with Gasteiger partial charge in [0.25, 0.3) is 0 Å². The fraction of sp³-hybridized carbons (Fsp3) is 0.500. The van der Waals surface area contributed by atoms with Crippen LogP contribution in [-0.2, 0) is 4.79 Å². The van der Waals surface area contributed by atoms with Gasteiger partial charge in [-0.1, -0.05) is 48.9 Å². The number of benzene rings is 2. The second-order valence-corrected chi connectivity index (χ2v) is 10.1. The lowest BCUT2D eigenvalue weighted by atomic mass is 9.74. The van der Waals surface area contributed by atoms with E-state index in [-0.39, 0.29) is 30.5 Å². The maximum atomic E-state index is 13.2. The molecular weight excluding hydrogens is 436 g/mol. The standard InChI is InChI=1S/C30H36N2O3/c1-35-28-11-5-4-8-23(28)15-12-22-13-16-24(17-14-22)29-26-20-31(30(34)25-9-2-3-10-25)18-6-7-19-32(26)27(29)21-33/h4-5,8,11,13-14,16-17,25-27,29,33H,2-3,6-7,9-10,18-21H2,1H3/t26-,27+,29+/m1/s1. The predicted molar refractivity (Wildman–Crippen MR) is 137 cm³/mol. The summed E-state index contributed by atoms with van der Waals surface area (Å²) < 4.78 is 5.40. The number of ether oxygens (including phenoxy) is 1. The zero-order valence-electron chi connectivity index (χ0n) is 20.7. The Bertz CT molecular complexity index is 1080. The number of methoxy groups -OCH3 is 1. The minimum Gasteiger partial charge on any atom is -0.495 e. The van der Waals surface area contributed by atoms with Gasteiger partial charge in [-0.2, -0.15) is 0 Å². The minimum atomic E-state index is 0.118. The van der Waals surface area contributed by atoms with E-state index >= 15 is 0 Å². The van der Waals surface area contributed by atoms with Gasteiger partial charge in [0.2, 0.25) is 5.91 Å². The van der Waals surface area contributed by atoms with Gasteiger partial charge < -0.3 is 14.7 Å². The number of hydrogen-bond acceptors (Lipinski definition) is 4. The molecule has 0 spiro atoms. The second kappa shape index (κ2) is 10.8. The lowest BCUT2D eigenvalue weighted by Gasteiger charge is -2.57. The summed E-state index contributed by atoms with van der Waals surface area (Å²) in [7, 11) is 1.66. The molecule has 0 radical (unpaired) electrons. The summed E-state index contributed by atoms with van der Waals surface area (Å²) in [5.41, 5.74) is 3.05. The Morgan fingerprint density at radius 3 is 2.49 bits per heavy atom. The van der Waals surface area contributed by atoms with Crippen LogP contribution in [0.5, 0.6) is 5.75 Å². The molecule has 2 aromatic carbocycles. The van der Waals surface area contributed by atoms with Gasteiger partial charge in [-0.05, 0) is 62.1 Å². The highest BCUT2D eigenvalue weighted by molar-refractivity contribution is 5.79. The van der Waals surface area contributed by atoms with Gasteiger partial charge in [0, 0.05) is 42.6 Å². The number of aliphatic hydroxyl groups excluding tert-OH is 1. The summed E-state index contributed by atoms with van der Waals surface area (Å²) in [6.45, 7) is 2.78. The summed E-state index contributed by atoms with van der Waals surface area (Å²) in [5, 5.41) is 10.2. The minimum absolute atomic E-state index is 0.118. The quantitative estimate of drug-likeness (QED) is 0.683. The van der Waals surface area contributed by atoms with Gasteiger partial charge >= 0.3 is 0 Å². The molecule has 0 aromatic heterocycles. The molecule has 2 heterocycles. The molecule has 0 unspecified atom stereocenters. The Balaban J connectivity index is 1.33. The van der Waals surface area contributed by atoms with Crippen molar-refractivity contribution in [2.75, 3.05) is 33.4 Å². The first-order valence-electron chi connectivity index (χ1n) is 13.1. The molecule has 5 rings (SSSR count). The number of para-hydroxylation sites is 1. The molecule has 1 saturated carbocycles. The number of hydrogen-bond donors (Lipinski definition) is 1. The monoisotopic (exact) mass is 472 g/mol. The van der Waals surface area contributed by atoms with Gasteiger partial charge in [-0.3, -0.25) is 9.69 Å². The molecule has 0 bridgehead atoms. The number of nitrogens with zero attached hydrogens (tertiary/aromatic N) is 2. The highest BCUT2D eigenvalue weighted by Crippen LogP contribution is 2.42. The Morgan fingerprint density at radius 2 is 1.74 bits per heavy atom. The van der Waals surface area contributed by atoms with Crippen molar-refractivity contribution in [3.05, 3.63) is 65.2 Å². The lowest BCUT2D eigenvalue weighted by Crippen LogP contribution is -2.68. The molecular formula is C30H36N2O3. The third-order valence-electron chi connectivity index (χ3n) is 8.13. The maximum absolute atomic E-state index is 13.2. The van der Waals surface area contributed by atoms with E-state index in [1.807, 2.05) is 24.3 Å². The molecule has 3 atom stereocenters. The summed E-state index contributed by atoms with van der Waals surface area (Å²) in [5.74, 6) is 8.05. The number of carbonyl (C=O) groups is 1. The number of aliphatic hydroxyl groups is 1. The molecule has 5 heteroatoms. The molecule has 1 amide bonds. The van der Waals surface area contributed by atoms with Crippen molar-refractivity contribution in [2.45, 2.75) is 56.5 Å². The predicted octanol–water partition coefficient (Wildman–Crippen LogP) is 4.04. The summed E-state index contributed by atoms with van der Waals surface area (Å²) in [6, 6.07) is 16.6. The molecule has 2 aromatic rings. The second-order valence-electron chi connectivity index (χ2n) is 10.1. The molecule has 184 valence electrons. The molecule has 1 aliphatic carbocycles. The van der Waals surface area contributed by atoms with Gasteiger partial charge in [0.15, 0.2) is 0 Å². The van der Waals surface area contributed by atoms with Crippen molar-refractivity contribution < 1.29 is 14.6 Å². The zero-order chi connectivity index (χ0) is 24.2. The van der Waals surface area contributed by atoms with E-state index in [1.54, 1.807) is 7.11 Å².